The molecule has 1 unspecified atom stereocenters. The van der Waals surface area contributed by atoms with Gasteiger partial charge >= 0.3 is 0 Å². The van der Waals surface area contributed by atoms with Crippen LogP contribution in [-0.4, -0.2) is 24.3 Å². The Kier molecular flexibility index (Phi) is 4.33. The van der Waals surface area contributed by atoms with Crippen molar-refractivity contribution in [3.05, 3.63) is 0 Å². The zero-order chi connectivity index (χ0) is 6.41. The fourth-order valence-corrected chi connectivity index (χ4v) is 0.298. The molecular formula is C6H11NO. The summed E-state index contributed by atoms with van der Waals surface area (Å²) in [5.74, 6) is 2.41. The highest BCUT2D eigenvalue weighted by atomic mass is 16.3. The molecule has 2 heteroatoms. The first-order valence-corrected chi connectivity index (χ1v) is 2.59. The average Bonchev–Trinajstić information content (AvgIpc) is 1.83. The number of rotatable bonds is 3. The van der Waals surface area contributed by atoms with Crippen molar-refractivity contribution in [3.63, 3.8) is 0 Å². The minimum Gasteiger partial charge on any atom is -0.395 e. The summed E-state index contributed by atoms with van der Waals surface area (Å²) in [6.07, 6.45) is 4.94. The molecule has 0 aromatic carbocycles. The van der Waals surface area contributed by atoms with Crippen LogP contribution < -0.4 is 5.32 Å². The number of aliphatic hydroxyl groups excluding tert-OH is 1. The maximum atomic E-state index is 8.43. The molecule has 0 spiro atoms. The van der Waals surface area contributed by atoms with Crippen molar-refractivity contribution in [2.45, 2.75) is 13.0 Å². The van der Waals surface area contributed by atoms with Crippen LogP contribution >= 0.6 is 0 Å². The SMILES string of the molecule is C#CCNC(C)CO. The summed E-state index contributed by atoms with van der Waals surface area (Å²) >= 11 is 0. The Hall–Kier alpha value is -0.520. The molecule has 2 nitrogen and oxygen atoms in total. The van der Waals surface area contributed by atoms with E-state index in [0.717, 1.165) is 0 Å². The second kappa shape index (κ2) is 4.63. The third kappa shape index (κ3) is 3.66. The van der Waals surface area contributed by atoms with Crippen molar-refractivity contribution >= 4 is 0 Å². The van der Waals surface area contributed by atoms with Gasteiger partial charge in [0.05, 0.1) is 13.2 Å². The van der Waals surface area contributed by atoms with Crippen LogP contribution in [0.1, 0.15) is 6.92 Å². The Morgan fingerprint density at radius 2 is 2.50 bits per heavy atom. The average molecular weight is 113 g/mol. The highest BCUT2D eigenvalue weighted by Crippen LogP contribution is 1.73. The van der Waals surface area contributed by atoms with Gasteiger partial charge < -0.3 is 10.4 Å². The molecule has 0 aliphatic carbocycles. The van der Waals surface area contributed by atoms with E-state index in [9.17, 15) is 0 Å². The molecule has 0 aliphatic rings. The van der Waals surface area contributed by atoms with E-state index in [1.54, 1.807) is 0 Å². The number of aliphatic hydroxyl groups is 1. The summed E-state index contributed by atoms with van der Waals surface area (Å²) in [7, 11) is 0. The molecule has 0 rings (SSSR count). The van der Waals surface area contributed by atoms with E-state index in [1.165, 1.54) is 0 Å². The molecular weight excluding hydrogens is 102 g/mol. The van der Waals surface area contributed by atoms with Crippen LogP contribution in [0.4, 0.5) is 0 Å². The highest BCUT2D eigenvalue weighted by Gasteiger charge is 1.92. The molecule has 0 aromatic heterocycles. The number of hydrogen-bond donors (Lipinski definition) is 2. The van der Waals surface area contributed by atoms with Gasteiger partial charge in [-0.3, -0.25) is 0 Å². The lowest BCUT2D eigenvalue weighted by Gasteiger charge is -2.05. The number of hydrogen-bond acceptors (Lipinski definition) is 2. The topological polar surface area (TPSA) is 32.3 Å². The molecule has 2 N–H and O–H groups in total. The first kappa shape index (κ1) is 7.48. The quantitative estimate of drug-likeness (QED) is 0.488. The van der Waals surface area contributed by atoms with Crippen molar-refractivity contribution in [2.24, 2.45) is 0 Å². The summed E-state index contributed by atoms with van der Waals surface area (Å²) in [5.41, 5.74) is 0. The van der Waals surface area contributed by atoms with Crippen molar-refractivity contribution < 1.29 is 5.11 Å². The van der Waals surface area contributed by atoms with E-state index in [4.69, 9.17) is 11.5 Å². The highest BCUT2D eigenvalue weighted by molar-refractivity contribution is 4.87. The van der Waals surface area contributed by atoms with Gasteiger partial charge in [0.1, 0.15) is 0 Å². The van der Waals surface area contributed by atoms with Gasteiger partial charge in [-0.1, -0.05) is 5.92 Å². The minimum absolute atomic E-state index is 0.117. The molecule has 0 heterocycles. The van der Waals surface area contributed by atoms with E-state index >= 15 is 0 Å². The zero-order valence-corrected chi connectivity index (χ0v) is 5.02. The van der Waals surface area contributed by atoms with E-state index < -0.39 is 0 Å². The summed E-state index contributed by atoms with van der Waals surface area (Å²) in [6, 6.07) is 0.117. The second-order valence-electron chi connectivity index (χ2n) is 1.67. The van der Waals surface area contributed by atoms with Gasteiger partial charge in [0.15, 0.2) is 0 Å². The largest absolute Gasteiger partial charge is 0.395 e. The van der Waals surface area contributed by atoms with Gasteiger partial charge in [0, 0.05) is 6.04 Å². The van der Waals surface area contributed by atoms with E-state index in [1.807, 2.05) is 6.92 Å². The van der Waals surface area contributed by atoms with Gasteiger partial charge in [-0.2, -0.15) is 0 Å². The van der Waals surface area contributed by atoms with Crippen molar-refractivity contribution in [1.29, 1.82) is 0 Å². The normalized spacial score (nSPS) is 12.6. The maximum absolute atomic E-state index is 8.43. The molecule has 0 amide bonds. The van der Waals surface area contributed by atoms with Crippen molar-refractivity contribution in [1.82, 2.24) is 5.32 Å². The van der Waals surface area contributed by atoms with E-state index in [0.29, 0.717) is 6.54 Å². The fraction of sp³-hybridized carbons (Fsp3) is 0.667. The molecule has 0 fully saturated rings. The Balaban J connectivity index is 3.01. The molecule has 8 heavy (non-hydrogen) atoms. The smallest absolute Gasteiger partial charge is 0.0582 e. The van der Waals surface area contributed by atoms with Gasteiger partial charge in [-0.25, -0.2) is 0 Å². The Morgan fingerprint density at radius 1 is 1.88 bits per heavy atom. The monoisotopic (exact) mass is 113 g/mol. The molecule has 0 aromatic rings. The first-order chi connectivity index (χ1) is 3.81. The van der Waals surface area contributed by atoms with Crippen LogP contribution in [0.2, 0.25) is 0 Å². The summed E-state index contributed by atoms with van der Waals surface area (Å²) in [5, 5.41) is 11.3. The van der Waals surface area contributed by atoms with Gasteiger partial charge in [0.25, 0.3) is 0 Å². The van der Waals surface area contributed by atoms with Crippen molar-refractivity contribution in [2.75, 3.05) is 13.2 Å². The second-order valence-corrected chi connectivity index (χ2v) is 1.67. The molecule has 0 bridgehead atoms. The minimum atomic E-state index is 0.117. The summed E-state index contributed by atoms with van der Waals surface area (Å²) in [6.45, 7) is 2.54. The van der Waals surface area contributed by atoms with E-state index in [-0.39, 0.29) is 12.6 Å². The van der Waals surface area contributed by atoms with Crippen LogP contribution in [0.15, 0.2) is 0 Å². The lowest BCUT2D eigenvalue weighted by Crippen LogP contribution is -2.29. The van der Waals surface area contributed by atoms with Gasteiger partial charge in [-0.15, -0.1) is 6.42 Å². The number of nitrogens with one attached hydrogen (secondary N) is 1. The lowest BCUT2D eigenvalue weighted by atomic mass is 10.4. The van der Waals surface area contributed by atoms with E-state index in [2.05, 4.69) is 11.2 Å². The Labute approximate surface area is 49.9 Å². The predicted molar refractivity (Wildman–Crippen MR) is 33.4 cm³/mol. The zero-order valence-electron chi connectivity index (χ0n) is 5.02. The van der Waals surface area contributed by atoms with Crippen LogP contribution in [0, 0.1) is 12.3 Å². The first-order valence-electron chi connectivity index (χ1n) is 2.59. The standard InChI is InChI=1S/C6H11NO/c1-3-4-7-6(2)5-8/h1,6-8H,4-5H2,2H3. The predicted octanol–water partition coefficient (Wildman–Crippen LogP) is -0.410. The van der Waals surface area contributed by atoms with Gasteiger partial charge in [0.2, 0.25) is 0 Å². The van der Waals surface area contributed by atoms with Crippen LogP contribution in [0.5, 0.6) is 0 Å². The molecule has 0 saturated heterocycles. The summed E-state index contributed by atoms with van der Waals surface area (Å²) in [4.78, 5) is 0. The third-order valence-electron chi connectivity index (χ3n) is 0.826. The molecule has 0 saturated carbocycles. The van der Waals surface area contributed by atoms with Gasteiger partial charge in [-0.05, 0) is 6.92 Å². The summed E-state index contributed by atoms with van der Waals surface area (Å²) < 4.78 is 0. The Bertz CT molecular complexity index is 85.0. The van der Waals surface area contributed by atoms with Crippen LogP contribution in [-0.2, 0) is 0 Å². The Morgan fingerprint density at radius 3 is 2.88 bits per heavy atom. The molecule has 1 atom stereocenters. The molecule has 0 radical (unpaired) electrons. The fourth-order valence-electron chi connectivity index (χ4n) is 0.298. The maximum Gasteiger partial charge on any atom is 0.0582 e. The van der Waals surface area contributed by atoms with Crippen LogP contribution in [0.25, 0.3) is 0 Å². The van der Waals surface area contributed by atoms with Crippen LogP contribution in [0.3, 0.4) is 0 Å². The molecule has 0 aliphatic heterocycles. The third-order valence-corrected chi connectivity index (χ3v) is 0.826. The lowest BCUT2D eigenvalue weighted by molar-refractivity contribution is 0.255. The van der Waals surface area contributed by atoms with Crippen molar-refractivity contribution in [3.8, 4) is 12.3 Å². The molecule has 46 valence electrons. The number of terminal acetylenes is 1.